The summed E-state index contributed by atoms with van der Waals surface area (Å²) < 4.78 is 40.3. The zero-order chi connectivity index (χ0) is 14.0. The first-order valence-corrected chi connectivity index (χ1v) is 6.45. The number of ketones is 1. The molecule has 1 aliphatic rings. The molecule has 0 bridgehead atoms. The number of alkyl halides is 3. The zero-order valence-electron chi connectivity index (χ0n) is 10.8. The summed E-state index contributed by atoms with van der Waals surface area (Å²) in [6.45, 7) is 0. The Morgan fingerprint density at radius 2 is 2.11 bits per heavy atom. The van der Waals surface area contributed by atoms with Gasteiger partial charge < -0.3 is 0 Å². The normalized spacial score (nSPS) is 24.4. The molecular weight excluding hydrogens is 257 g/mol. The van der Waals surface area contributed by atoms with Crippen molar-refractivity contribution in [3.8, 4) is 0 Å². The number of carbonyl (C=O) groups is 1. The molecule has 0 amide bonds. The number of halogens is 3. The Labute approximate surface area is 109 Å². The van der Waals surface area contributed by atoms with Gasteiger partial charge in [-0.15, -0.1) is 0 Å². The van der Waals surface area contributed by atoms with Crippen molar-refractivity contribution >= 4 is 5.78 Å². The summed E-state index contributed by atoms with van der Waals surface area (Å²) in [6, 6.07) is 0. The maximum Gasteiger partial charge on any atom is 0.392 e. The van der Waals surface area contributed by atoms with E-state index in [9.17, 15) is 18.0 Å². The van der Waals surface area contributed by atoms with E-state index in [2.05, 4.69) is 5.10 Å². The fourth-order valence-corrected chi connectivity index (χ4v) is 2.80. The lowest BCUT2D eigenvalue weighted by atomic mass is 9.75. The molecule has 0 radical (unpaired) electrons. The molecule has 1 fully saturated rings. The molecule has 0 N–H and O–H groups in total. The van der Waals surface area contributed by atoms with E-state index < -0.39 is 18.0 Å². The molecule has 1 heterocycles. The molecule has 2 rings (SSSR count). The molecule has 1 aromatic heterocycles. The third-order valence-electron chi connectivity index (χ3n) is 3.74. The second kappa shape index (κ2) is 5.35. The van der Waals surface area contributed by atoms with Crippen LogP contribution in [0, 0.1) is 11.8 Å². The third-order valence-corrected chi connectivity index (χ3v) is 3.74. The van der Waals surface area contributed by atoms with Crippen LogP contribution in [0.15, 0.2) is 12.4 Å². The molecule has 2 unspecified atom stereocenters. The van der Waals surface area contributed by atoms with E-state index in [1.54, 1.807) is 17.9 Å². The van der Waals surface area contributed by atoms with E-state index in [1.807, 2.05) is 0 Å². The van der Waals surface area contributed by atoms with Gasteiger partial charge in [0, 0.05) is 25.6 Å². The second-order valence-electron chi connectivity index (χ2n) is 5.20. The highest BCUT2D eigenvalue weighted by Crippen LogP contribution is 2.42. The molecular formula is C13H17F3N2O. The van der Waals surface area contributed by atoms with Gasteiger partial charge in [-0.3, -0.25) is 9.48 Å². The van der Waals surface area contributed by atoms with E-state index >= 15 is 0 Å². The highest BCUT2D eigenvalue weighted by Gasteiger charge is 2.47. The van der Waals surface area contributed by atoms with Gasteiger partial charge in [0.25, 0.3) is 0 Å². The molecule has 19 heavy (non-hydrogen) atoms. The third kappa shape index (κ3) is 3.36. The van der Waals surface area contributed by atoms with Crippen LogP contribution in [-0.2, 0) is 18.3 Å². The van der Waals surface area contributed by atoms with Crippen molar-refractivity contribution in [2.75, 3.05) is 0 Å². The number of rotatable bonds is 3. The van der Waals surface area contributed by atoms with Crippen LogP contribution in [0.25, 0.3) is 0 Å². The van der Waals surface area contributed by atoms with E-state index in [0.29, 0.717) is 24.8 Å². The number of aromatic nitrogens is 2. The van der Waals surface area contributed by atoms with Crippen molar-refractivity contribution in [2.24, 2.45) is 18.9 Å². The summed E-state index contributed by atoms with van der Waals surface area (Å²) in [7, 11) is 1.72. The minimum Gasteiger partial charge on any atom is -0.299 e. The zero-order valence-corrected chi connectivity index (χ0v) is 10.8. The molecule has 1 aliphatic carbocycles. The van der Waals surface area contributed by atoms with Gasteiger partial charge in [0.05, 0.1) is 12.1 Å². The Kier molecular flexibility index (Phi) is 3.96. The van der Waals surface area contributed by atoms with Crippen molar-refractivity contribution in [1.82, 2.24) is 9.78 Å². The first-order chi connectivity index (χ1) is 8.88. The Hall–Kier alpha value is -1.33. The van der Waals surface area contributed by atoms with Gasteiger partial charge in [0.1, 0.15) is 5.78 Å². The summed E-state index contributed by atoms with van der Waals surface area (Å²) in [4.78, 5) is 12.1. The monoisotopic (exact) mass is 274 g/mol. The molecule has 6 heteroatoms. The van der Waals surface area contributed by atoms with Crippen molar-refractivity contribution in [3.05, 3.63) is 18.0 Å². The fourth-order valence-electron chi connectivity index (χ4n) is 2.80. The van der Waals surface area contributed by atoms with Crippen LogP contribution < -0.4 is 0 Å². The number of nitrogens with zero attached hydrogens (tertiary/aromatic N) is 2. The maximum atomic E-state index is 12.9. The van der Waals surface area contributed by atoms with Crippen molar-refractivity contribution in [1.29, 1.82) is 0 Å². The van der Waals surface area contributed by atoms with E-state index in [0.717, 1.165) is 0 Å². The van der Waals surface area contributed by atoms with Crippen molar-refractivity contribution in [2.45, 2.75) is 38.3 Å². The maximum absolute atomic E-state index is 12.9. The van der Waals surface area contributed by atoms with Gasteiger partial charge in [-0.25, -0.2) is 0 Å². The van der Waals surface area contributed by atoms with Gasteiger partial charge in [0.2, 0.25) is 0 Å². The topological polar surface area (TPSA) is 34.9 Å². The minimum absolute atomic E-state index is 0.0467. The Bertz CT molecular complexity index is 453. The lowest BCUT2D eigenvalue weighted by molar-refractivity contribution is -0.197. The Morgan fingerprint density at radius 3 is 2.68 bits per heavy atom. The van der Waals surface area contributed by atoms with Crippen LogP contribution in [0.4, 0.5) is 13.2 Å². The Balaban J connectivity index is 2.07. The number of carbonyl (C=O) groups excluding carboxylic acids is 1. The predicted octanol–water partition coefficient (Wildman–Crippen LogP) is 2.90. The van der Waals surface area contributed by atoms with Crippen molar-refractivity contribution < 1.29 is 18.0 Å². The predicted molar refractivity (Wildman–Crippen MR) is 63.4 cm³/mol. The summed E-state index contributed by atoms with van der Waals surface area (Å²) in [6.07, 6.45) is 0.667. The molecule has 1 aromatic rings. The molecule has 3 nitrogen and oxygen atoms in total. The van der Waals surface area contributed by atoms with Crippen LogP contribution in [0.1, 0.15) is 31.2 Å². The van der Waals surface area contributed by atoms with Gasteiger partial charge in [0.15, 0.2) is 0 Å². The van der Waals surface area contributed by atoms with E-state index in [-0.39, 0.29) is 18.6 Å². The summed E-state index contributed by atoms with van der Waals surface area (Å²) >= 11 is 0. The lowest BCUT2D eigenvalue weighted by Crippen LogP contribution is -2.37. The number of aryl methyl sites for hydroxylation is 1. The van der Waals surface area contributed by atoms with Gasteiger partial charge >= 0.3 is 6.18 Å². The van der Waals surface area contributed by atoms with Gasteiger partial charge in [-0.05, 0) is 18.4 Å². The fraction of sp³-hybridized carbons (Fsp3) is 0.692. The molecule has 1 saturated carbocycles. The number of hydrogen-bond acceptors (Lipinski definition) is 2. The smallest absolute Gasteiger partial charge is 0.299 e. The summed E-state index contributed by atoms with van der Waals surface area (Å²) in [5, 5.41) is 3.92. The van der Waals surface area contributed by atoms with Gasteiger partial charge in [-0.2, -0.15) is 18.3 Å². The average molecular weight is 274 g/mol. The second-order valence-corrected chi connectivity index (χ2v) is 5.20. The van der Waals surface area contributed by atoms with Crippen LogP contribution in [0.2, 0.25) is 0 Å². The number of Topliss-reactive ketones (excluding diaryl/α,β-unsaturated/α-hetero) is 1. The molecule has 0 saturated heterocycles. The molecule has 106 valence electrons. The summed E-state index contributed by atoms with van der Waals surface area (Å²) in [5.41, 5.74) is 0.680. The quantitative estimate of drug-likeness (QED) is 0.849. The number of hydrogen-bond donors (Lipinski definition) is 0. The van der Waals surface area contributed by atoms with Crippen LogP contribution in [0.5, 0.6) is 0 Å². The SMILES string of the molecule is Cn1cc(CC(=O)C2CCCCC2C(F)(F)F)cn1. The molecule has 2 atom stereocenters. The van der Waals surface area contributed by atoms with Gasteiger partial charge in [-0.1, -0.05) is 12.8 Å². The molecule has 0 aromatic carbocycles. The van der Waals surface area contributed by atoms with Crippen LogP contribution in [-0.4, -0.2) is 21.7 Å². The highest BCUT2D eigenvalue weighted by molar-refractivity contribution is 5.83. The van der Waals surface area contributed by atoms with E-state index in [4.69, 9.17) is 0 Å². The first kappa shape index (κ1) is 14.1. The average Bonchev–Trinajstić information content (AvgIpc) is 2.73. The van der Waals surface area contributed by atoms with Crippen molar-refractivity contribution in [3.63, 3.8) is 0 Å². The minimum atomic E-state index is -4.27. The largest absolute Gasteiger partial charge is 0.392 e. The molecule has 0 aliphatic heterocycles. The first-order valence-electron chi connectivity index (χ1n) is 6.45. The lowest BCUT2D eigenvalue weighted by Gasteiger charge is -2.31. The standard InChI is InChI=1S/C13H17F3N2O/c1-18-8-9(7-17-18)6-12(19)10-4-2-3-5-11(10)13(14,15)16/h7-8,10-11H,2-6H2,1H3. The summed E-state index contributed by atoms with van der Waals surface area (Å²) in [5.74, 6) is -2.66. The van der Waals surface area contributed by atoms with E-state index in [1.165, 1.54) is 6.20 Å². The van der Waals surface area contributed by atoms with Crippen LogP contribution in [0.3, 0.4) is 0 Å². The molecule has 0 spiro atoms. The Morgan fingerprint density at radius 1 is 1.42 bits per heavy atom. The highest BCUT2D eigenvalue weighted by atomic mass is 19.4. The van der Waals surface area contributed by atoms with Crippen LogP contribution >= 0.6 is 0 Å².